The summed E-state index contributed by atoms with van der Waals surface area (Å²) in [5.41, 5.74) is 1.06. The number of aryl methyl sites for hydroxylation is 1. The highest BCUT2D eigenvalue weighted by Gasteiger charge is 2.53. The van der Waals surface area contributed by atoms with Crippen molar-refractivity contribution in [2.24, 2.45) is 4.99 Å². The number of amides is 3. The predicted molar refractivity (Wildman–Crippen MR) is 115 cm³/mol. The zero-order chi connectivity index (χ0) is 22.2. The maximum atomic E-state index is 13.4. The van der Waals surface area contributed by atoms with Gasteiger partial charge in [0.1, 0.15) is 11.9 Å². The van der Waals surface area contributed by atoms with Gasteiger partial charge in [0.15, 0.2) is 0 Å². The van der Waals surface area contributed by atoms with E-state index in [0.717, 1.165) is 64.1 Å². The molecule has 11 nitrogen and oxygen atoms in total. The van der Waals surface area contributed by atoms with Crippen LogP contribution in [0.15, 0.2) is 11.2 Å². The van der Waals surface area contributed by atoms with Gasteiger partial charge in [0.25, 0.3) is 5.91 Å². The van der Waals surface area contributed by atoms with Crippen molar-refractivity contribution in [2.75, 3.05) is 79.3 Å². The van der Waals surface area contributed by atoms with E-state index in [1.807, 2.05) is 17.7 Å². The van der Waals surface area contributed by atoms with Gasteiger partial charge in [-0.1, -0.05) is 4.99 Å². The van der Waals surface area contributed by atoms with Gasteiger partial charge in [-0.2, -0.15) is 0 Å². The van der Waals surface area contributed by atoms with Crippen LogP contribution in [0.4, 0.5) is 10.7 Å². The number of hydrogen-bond donors (Lipinski definition) is 0. The average Bonchev–Trinajstić information content (AvgIpc) is 3.32. The van der Waals surface area contributed by atoms with Gasteiger partial charge in [-0.05, 0) is 6.92 Å². The molecular formula is C21H32N7O4+. The molecule has 0 aliphatic carbocycles. The second kappa shape index (κ2) is 8.89. The van der Waals surface area contributed by atoms with Gasteiger partial charge in [0, 0.05) is 52.9 Å². The van der Waals surface area contributed by atoms with Crippen molar-refractivity contribution in [3.05, 3.63) is 11.9 Å². The SMILES string of the molecule is Cc1c[n+]2c(n1CCN1CCOCC1)N=C1C2C(=O)N(CCN2CCOCC2)C(=O)N1C. The Morgan fingerprint density at radius 1 is 0.969 bits per heavy atom. The van der Waals surface area contributed by atoms with Gasteiger partial charge in [-0.15, -0.1) is 0 Å². The van der Waals surface area contributed by atoms with Crippen LogP contribution in [0.5, 0.6) is 0 Å². The number of rotatable bonds is 6. The molecule has 4 aliphatic rings. The highest BCUT2D eigenvalue weighted by Crippen LogP contribution is 2.29. The first-order chi connectivity index (χ1) is 15.5. The van der Waals surface area contributed by atoms with Crippen molar-refractivity contribution in [3.63, 3.8) is 0 Å². The first-order valence-electron chi connectivity index (χ1n) is 11.4. The Labute approximate surface area is 187 Å². The summed E-state index contributed by atoms with van der Waals surface area (Å²) in [6.45, 7) is 11.2. The fourth-order valence-electron chi connectivity index (χ4n) is 4.85. The fraction of sp³-hybridized carbons (Fsp3) is 0.714. The monoisotopic (exact) mass is 446 g/mol. The van der Waals surface area contributed by atoms with Crippen molar-refractivity contribution in [2.45, 2.75) is 19.5 Å². The van der Waals surface area contributed by atoms with Crippen LogP contribution in [0.1, 0.15) is 11.7 Å². The number of carbonyl (C=O) groups is 2. The minimum Gasteiger partial charge on any atom is -0.379 e. The standard InChI is InChI=1S/C21H32N7O4/c1-16-15-28-17-18(22-20(28)26(16)5-3-24-7-11-31-12-8-24)23(2)21(30)27(19(17)29)6-4-25-9-13-32-14-10-25/h15,17H,3-14H2,1-2H3/q+1. The number of aromatic nitrogens is 2. The number of hydrogen-bond acceptors (Lipinski definition) is 7. The molecule has 32 heavy (non-hydrogen) atoms. The molecule has 0 radical (unpaired) electrons. The molecule has 0 saturated carbocycles. The lowest BCUT2D eigenvalue weighted by Crippen LogP contribution is -2.63. The van der Waals surface area contributed by atoms with E-state index in [1.54, 1.807) is 7.05 Å². The number of urea groups is 1. The van der Waals surface area contributed by atoms with Crippen LogP contribution in [0.25, 0.3) is 0 Å². The fourth-order valence-corrected chi connectivity index (χ4v) is 4.85. The molecule has 174 valence electrons. The summed E-state index contributed by atoms with van der Waals surface area (Å²) < 4.78 is 14.9. The Morgan fingerprint density at radius 2 is 1.56 bits per heavy atom. The van der Waals surface area contributed by atoms with Crippen LogP contribution >= 0.6 is 0 Å². The highest BCUT2D eigenvalue weighted by atomic mass is 16.5. The third-order valence-corrected chi connectivity index (χ3v) is 6.81. The highest BCUT2D eigenvalue weighted by molar-refractivity contribution is 6.19. The largest absolute Gasteiger partial charge is 0.401 e. The number of nitrogens with zero attached hydrogens (tertiary/aromatic N) is 7. The van der Waals surface area contributed by atoms with Crippen molar-refractivity contribution in [3.8, 4) is 0 Å². The molecule has 11 heteroatoms. The van der Waals surface area contributed by atoms with E-state index in [9.17, 15) is 9.59 Å². The molecule has 0 aromatic carbocycles. The summed E-state index contributed by atoms with van der Waals surface area (Å²) in [5, 5.41) is 0. The van der Waals surface area contributed by atoms with Crippen LogP contribution < -0.4 is 4.57 Å². The van der Waals surface area contributed by atoms with Gasteiger partial charge in [0.05, 0.1) is 33.0 Å². The molecule has 4 aliphatic heterocycles. The third kappa shape index (κ3) is 3.83. The molecule has 1 atom stereocenters. The number of likely N-dealkylation sites (N-methyl/N-ethyl adjacent to an activating group) is 1. The zero-order valence-corrected chi connectivity index (χ0v) is 18.9. The summed E-state index contributed by atoms with van der Waals surface area (Å²) >= 11 is 0. The Bertz CT molecular complexity index is 917. The molecule has 3 saturated heterocycles. The van der Waals surface area contributed by atoms with E-state index in [1.165, 1.54) is 9.80 Å². The van der Waals surface area contributed by atoms with Crippen LogP contribution in [0, 0.1) is 6.92 Å². The summed E-state index contributed by atoms with van der Waals surface area (Å²) in [4.78, 5) is 38.7. The normalized spacial score (nSPS) is 24.7. The smallest absolute Gasteiger partial charge is 0.379 e. The molecule has 5 heterocycles. The number of ether oxygens (including phenoxy) is 2. The molecule has 1 aromatic heterocycles. The average molecular weight is 447 g/mol. The van der Waals surface area contributed by atoms with Gasteiger partial charge in [0.2, 0.25) is 11.9 Å². The Hall–Kier alpha value is -2.34. The second-order valence-electron chi connectivity index (χ2n) is 8.74. The van der Waals surface area contributed by atoms with E-state index < -0.39 is 6.04 Å². The molecule has 0 spiro atoms. The first kappa shape index (κ1) is 21.5. The number of morpholine rings is 2. The number of amidine groups is 1. The Morgan fingerprint density at radius 3 is 2.19 bits per heavy atom. The number of fused-ring (bicyclic) bond motifs is 3. The lowest BCUT2D eigenvalue weighted by Gasteiger charge is -2.35. The second-order valence-corrected chi connectivity index (χ2v) is 8.74. The van der Waals surface area contributed by atoms with Crippen molar-refractivity contribution >= 4 is 23.7 Å². The molecule has 0 bridgehead atoms. The number of aliphatic imine (C=N–C) groups is 1. The van der Waals surface area contributed by atoms with Crippen molar-refractivity contribution in [1.82, 2.24) is 24.2 Å². The molecular weight excluding hydrogens is 414 g/mol. The van der Waals surface area contributed by atoms with Crippen LogP contribution in [0.2, 0.25) is 0 Å². The lowest BCUT2D eigenvalue weighted by atomic mass is 10.1. The number of imidazole rings is 1. The van der Waals surface area contributed by atoms with E-state index >= 15 is 0 Å². The molecule has 1 aromatic rings. The van der Waals surface area contributed by atoms with E-state index in [4.69, 9.17) is 14.5 Å². The van der Waals surface area contributed by atoms with E-state index in [-0.39, 0.29) is 11.9 Å². The van der Waals surface area contributed by atoms with Gasteiger partial charge >= 0.3 is 12.0 Å². The van der Waals surface area contributed by atoms with Gasteiger partial charge in [-0.25, -0.2) is 13.9 Å². The Balaban J connectivity index is 1.33. The minimum atomic E-state index is -0.583. The summed E-state index contributed by atoms with van der Waals surface area (Å²) in [6, 6.07) is -0.888. The topological polar surface area (TPSA) is 86.7 Å². The number of carbonyl (C=O) groups excluding carboxylic acids is 2. The van der Waals surface area contributed by atoms with E-state index in [2.05, 4.69) is 14.4 Å². The van der Waals surface area contributed by atoms with Crippen molar-refractivity contribution in [1.29, 1.82) is 0 Å². The zero-order valence-electron chi connectivity index (χ0n) is 18.9. The van der Waals surface area contributed by atoms with Gasteiger partial charge in [-0.3, -0.25) is 24.4 Å². The van der Waals surface area contributed by atoms with Gasteiger partial charge < -0.3 is 9.47 Å². The summed E-state index contributed by atoms with van der Waals surface area (Å²) in [6.07, 6.45) is 1.98. The predicted octanol–water partition coefficient (Wildman–Crippen LogP) is -0.773. The lowest BCUT2D eigenvalue weighted by molar-refractivity contribution is -0.677. The molecule has 0 N–H and O–H groups in total. The summed E-state index contributed by atoms with van der Waals surface area (Å²) in [7, 11) is 1.71. The molecule has 3 fully saturated rings. The summed E-state index contributed by atoms with van der Waals surface area (Å²) in [5.74, 6) is 1.05. The van der Waals surface area contributed by atoms with Crippen LogP contribution in [0.3, 0.4) is 0 Å². The Kier molecular flexibility index (Phi) is 5.97. The van der Waals surface area contributed by atoms with E-state index in [0.29, 0.717) is 32.1 Å². The first-order valence-corrected chi connectivity index (χ1v) is 11.4. The third-order valence-electron chi connectivity index (χ3n) is 6.81. The van der Waals surface area contributed by atoms with Crippen LogP contribution in [-0.4, -0.2) is 121 Å². The van der Waals surface area contributed by atoms with Crippen LogP contribution in [-0.2, 0) is 20.8 Å². The number of imide groups is 1. The molecule has 1 unspecified atom stereocenters. The quantitative estimate of drug-likeness (QED) is 0.534. The minimum absolute atomic E-state index is 0.200. The maximum absolute atomic E-state index is 13.4. The van der Waals surface area contributed by atoms with Crippen molar-refractivity contribution < 1.29 is 23.6 Å². The molecule has 3 amide bonds. The maximum Gasteiger partial charge on any atom is 0.401 e. The molecule has 5 rings (SSSR count).